The monoisotopic (exact) mass is 295 g/mol. The van der Waals surface area contributed by atoms with Crippen molar-refractivity contribution >= 4 is 0 Å². The molecule has 0 radical (unpaired) electrons. The molecule has 1 saturated carbocycles. The number of nitrogens with two attached hydrogens (primary N) is 1. The number of hydrogen-bond donors (Lipinski definition) is 1. The van der Waals surface area contributed by atoms with Crippen LogP contribution in [0.5, 0.6) is 0 Å². The molecular formula is C18H27F2N. The van der Waals surface area contributed by atoms with Crippen molar-refractivity contribution in [3.63, 3.8) is 0 Å². The van der Waals surface area contributed by atoms with E-state index in [1.807, 2.05) is 0 Å². The molecule has 2 N–H and O–H groups in total. The molecular weight excluding hydrogens is 268 g/mol. The summed E-state index contributed by atoms with van der Waals surface area (Å²) in [5.41, 5.74) is 6.82. The van der Waals surface area contributed by atoms with E-state index in [4.69, 9.17) is 5.73 Å². The van der Waals surface area contributed by atoms with Crippen LogP contribution in [0.25, 0.3) is 0 Å². The average molecular weight is 295 g/mol. The zero-order valence-electron chi connectivity index (χ0n) is 13.5. The van der Waals surface area contributed by atoms with Crippen LogP contribution in [0.15, 0.2) is 12.1 Å². The SMILES string of the molecule is Cc1ccc(F)c(C2CC(C(C)(C)C)CCC2CN)c1F. The summed E-state index contributed by atoms with van der Waals surface area (Å²) in [6, 6.07) is 2.90. The Hall–Kier alpha value is -0.960. The maximum atomic E-state index is 14.5. The highest BCUT2D eigenvalue weighted by Gasteiger charge is 2.38. The standard InChI is InChI=1S/C18H27F2N/c1-11-5-8-15(19)16(17(11)20)14-9-13(18(2,3)4)7-6-12(14)10-21/h5,8,12-14H,6-7,9-10,21H2,1-4H3. The number of rotatable bonds is 2. The second-order valence-electron chi connectivity index (χ2n) is 7.57. The van der Waals surface area contributed by atoms with Gasteiger partial charge in [0.05, 0.1) is 0 Å². The minimum Gasteiger partial charge on any atom is -0.330 e. The molecule has 3 atom stereocenters. The van der Waals surface area contributed by atoms with Gasteiger partial charge in [-0.1, -0.05) is 26.8 Å². The van der Waals surface area contributed by atoms with Gasteiger partial charge in [0, 0.05) is 5.56 Å². The topological polar surface area (TPSA) is 26.0 Å². The lowest BCUT2D eigenvalue weighted by atomic mass is 9.64. The zero-order valence-corrected chi connectivity index (χ0v) is 13.5. The summed E-state index contributed by atoms with van der Waals surface area (Å²) >= 11 is 0. The molecule has 1 aromatic carbocycles. The van der Waals surface area contributed by atoms with Crippen LogP contribution in [-0.2, 0) is 0 Å². The molecule has 0 aromatic heterocycles. The van der Waals surface area contributed by atoms with Crippen molar-refractivity contribution in [1.29, 1.82) is 0 Å². The largest absolute Gasteiger partial charge is 0.330 e. The molecule has 0 spiro atoms. The average Bonchev–Trinajstić information content (AvgIpc) is 2.42. The number of halogens is 2. The second-order valence-corrected chi connectivity index (χ2v) is 7.57. The Labute approximate surface area is 126 Å². The molecule has 3 unspecified atom stereocenters. The summed E-state index contributed by atoms with van der Waals surface area (Å²) in [6.07, 6.45) is 2.87. The predicted molar refractivity (Wildman–Crippen MR) is 83.2 cm³/mol. The zero-order chi connectivity index (χ0) is 15.8. The van der Waals surface area contributed by atoms with Crippen LogP contribution in [-0.4, -0.2) is 6.54 Å². The van der Waals surface area contributed by atoms with Crippen LogP contribution in [0.1, 0.15) is 57.1 Å². The quantitative estimate of drug-likeness (QED) is 0.835. The first kappa shape index (κ1) is 16.4. The summed E-state index contributed by atoms with van der Waals surface area (Å²) in [7, 11) is 0. The van der Waals surface area contributed by atoms with Crippen LogP contribution in [0.4, 0.5) is 8.78 Å². The lowest BCUT2D eigenvalue weighted by Crippen LogP contribution is -2.34. The number of benzene rings is 1. The summed E-state index contributed by atoms with van der Waals surface area (Å²) in [4.78, 5) is 0. The summed E-state index contributed by atoms with van der Waals surface area (Å²) in [6.45, 7) is 8.81. The Balaban J connectivity index is 2.41. The Kier molecular flexibility index (Phi) is 4.72. The van der Waals surface area contributed by atoms with Crippen molar-refractivity contribution < 1.29 is 8.78 Å². The van der Waals surface area contributed by atoms with Crippen molar-refractivity contribution in [2.24, 2.45) is 23.0 Å². The van der Waals surface area contributed by atoms with Crippen molar-refractivity contribution in [2.45, 2.75) is 52.9 Å². The minimum atomic E-state index is -0.420. The van der Waals surface area contributed by atoms with Gasteiger partial charge in [0.15, 0.2) is 0 Å². The molecule has 3 heteroatoms. The van der Waals surface area contributed by atoms with Gasteiger partial charge in [0.1, 0.15) is 11.6 Å². The molecule has 1 aliphatic rings. The molecule has 0 saturated heterocycles. The van der Waals surface area contributed by atoms with E-state index >= 15 is 0 Å². The first-order valence-electron chi connectivity index (χ1n) is 7.90. The van der Waals surface area contributed by atoms with E-state index in [0.29, 0.717) is 18.0 Å². The van der Waals surface area contributed by atoms with Crippen LogP contribution >= 0.6 is 0 Å². The smallest absolute Gasteiger partial charge is 0.132 e. The van der Waals surface area contributed by atoms with E-state index in [0.717, 1.165) is 19.3 Å². The molecule has 1 aliphatic carbocycles. The second kappa shape index (κ2) is 6.04. The molecule has 118 valence electrons. The molecule has 1 nitrogen and oxygen atoms in total. The molecule has 2 rings (SSSR count). The van der Waals surface area contributed by atoms with Gasteiger partial charge in [-0.25, -0.2) is 8.78 Å². The predicted octanol–water partition coefficient (Wildman–Crippen LogP) is 4.78. The van der Waals surface area contributed by atoms with Crippen LogP contribution < -0.4 is 5.73 Å². The van der Waals surface area contributed by atoms with Gasteiger partial charge in [-0.2, -0.15) is 0 Å². The number of aryl methyl sites for hydroxylation is 1. The van der Waals surface area contributed by atoms with Crippen LogP contribution in [0.2, 0.25) is 0 Å². The molecule has 0 heterocycles. The van der Waals surface area contributed by atoms with Crippen molar-refractivity contribution in [3.05, 3.63) is 34.9 Å². The maximum absolute atomic E-state index is 14.5. The minimum absolute atomic E-state index is 0.104. The lowest BCUT2D eigenvalue weighted by molar-refractivity contribution is 0.130. The van der Waals surface area contributed by atoms with Crippen molar-refractivity contribution in [1.82, 2.24) is 0 Å². The van der Waals surface area contributed by atoms with Gasteiger partial charge >= 0.3 is 0 Å². The lowest BCUT2D eigenvalue weighted by Gasteiger charge is -2.42. The van der Waals surface area contributed by atoms with E-state index in [2.05, 4.69) is 20.8 Å². The summed E-state index contributed by atoms with van der Waals surface area (Å²) < 4.78 is 28.8. The normalized spacial score (nSPS) is 26.9. The van der Waals surface area contributed by atoms with Gasteiger partial charge in [-0.05, 0) is 67.5 Å². The highest BCUT2D eigenvalue weighted by Crippen LogP contribution is 2.47. The fourth-order valence-electron chi connectivity index (χ4n) is 3.67. The van der Waals surface area contributed by atoms with E-state index in [1.165, 1.54) is 12.1 Å². The first-order chi connectivity index (χ1) is 9.75. The highest BCUT2D eigenvalue weighted by molar-refractivity contribution is 5.30. The van der Waals surface area contributed by atoms with Crippen LogP contribution in [0.3, 0.4) is 0 Å². The fraction of sp³-hybridized carbons (Fsp3) is 0.667. The van der Waals surface area contributed by atoms with E-state index in [1.54, 1.807) is 6.92 Å². The van der Waals surface area contributed by atoms with Crippen LogP contribution in [0, 0.1) is 35.8 Å². The highest BCUT2D eigenvalue weighted by atomic mass is 19.1. The summed E-state index contributed by atoms with van der Waals surface area (Å²) in [5, 5.41) is 0. The molecule has 0 bridgehead atoms. The van der Waals surface area contributed by atoms with Gasteiger partial charge < -0.3 is 5.73 Å². The molecule has 0 aliphatic heterocycles. The molecule has 21 heavy (non-hydrogen) atoms. The number of hydrogen-bond acceptors (Lipinski definition) is 1. The Morgan fingerprint density at radius 1 is 1.19 bits per heavy atom. The molecule has 1 fully saturated rings. The molecule has 1 aromatic rings. The van der Waals surface area contributed by atoms with E-state index < -0.39 is 5.82 Å². The van der Waals surface area contributed by atoms with E-state index in [-0.39, 0.29) is 28.6 Å². The third-order valence-corrected chi connectivity index (χ3v) is 5.21. The van der Waals surface area contributed by atoms with Crippen molar-refractivity contribution in [3.8, 4) is 0 Å². The fourth-order valence-corrected chi connectivity index (χ4v) is 3.67. The third-order valence-electron chi connectivity index (χ3n) is 5.21. The van der Waals surface area contributed by atoms with Gasteiger partial charge in [-0.15, -0.1) is 0 Å². The van der Waals surface area contributed by atoms with Crippen molar-refractivity contribution in [2.75, 3.05) is 6.54 Å². The van der Waals surface area contributed by atoms with Gasteiger partial charge in [0.2, 0.25) is 0 Å². The Bertz CT molecular complexity index is 505. The Morgan fingerprint density at radius 2 is 1.86 bits per heavy atom. The summed E-state index contributed by atoms with van der Waals surface area (Å²) in [5.74, 6) is -0.254. The maximum Gasteiger partial charge on any atom is 0.132 e. The van der Waals surface area contributed by atoms with Gasteiger partial charge in [-0.3, -0.25) is 0 Å². The first-order valence-corrected chi connectivity index (χ1v) is 7.90. The Morgan fingerprint density at radius 3 is 2.43 bits per heavy atom. The van der Waals surface area contributed by atoms with Gasteiger partial charge in [0.25, 0.3) is 0 Å². The third kappa shape index (κ3) is 3.28. The van der Waals surface area contributed by atoms with E-state index in [9.17, 15) is 8.78 Å². The molecule has 0 amide bonds.